The molecule has 0 spiro atoms. The van der Waals surface area contributed by atoms with Crippen LogP contribution in [0.5, 0.6) is 0 Å². The number of hydrogen-bond donors (Lipinski definition) is 2. The Balaban J connectivity index is 3.03. The number of nitrogens with zero attached hydrogens (tertiary/aromatic N) is 1. The number of ether oxygens (including phenoxy) is 1. The molecule has 96 valence electrons. The van der Waals surface area contributed by atoms with Crippen molar-refractivity contribution < 1.29 is 24.3 Å². The molecule has 0 fully saturated rings. The molecule has 0 aliphatic heterocycles. The van der Waals surface area contributed by atoms with Crippen LogP contribution in [-0.4, -0.2) is 33.5 Å². The summed E-state index contributed by atoms with van der Waals surface area (Å²) in [5.41, 5.74) is -0.987. The van der Waals surface area contributed by atoms with Crippen LogP contribution in [-0.2, 0) is 4.74 Å². The Hall–Kier alpha value is -1.40. The van der Waals surface area contributed by atoms with Crippen LogP contribution in [0.4, 0.5) is 0 Å². The number of esters is 1. The van der Waals surface area contributed by atoms with E-state index in [0.717, 1.165) is 0 Å². The van der Waals surface area contributed by atoms with Crippen LogP contribution in [0.3, 0.4) is 0 Å². The lowest BCUT2D eigenvalue weighted by Crippen LogP contribution is -2.28. The third kappa shape index (κ3) is 2.83. The van der Waals surface area contributed by atoms with Gasteiger partial charge in [-0.15, -0.1) is 0 Å². The molecule has 1 atom stereocenters. The van der Waals surface area contributed by atoms with Crippen molar-refractivity contribution in [3.05, 3.63) is 17.0 Å². The predicted molar refractivity (Wildman–Crippen MR) is 58.5 cm³/mol. The minimum Gasteiger partial charge on any atom is -0.461 e. The number of aliphatic hydroxyl groups is 2. The zero-order chi connectivity index (χ0) is 13.2. The van der Waals surface area contributed by atoms with Crippen LogP contribution in [0.25, 0.3) is 0 Å². The summed E-state index contributed by atoms with van der Waals surface area (Å²) in [6.45, 7) is 6.36. The van der Waals surface area contributed by atoms with E-state index in [9.17, 15) is 15.0 Å². The van der Waals surface area contributed by atoms with Crippen LogP contribution in [0.2, 0.25) is 0 Å². The first-order chi connectivity index (χ1) is 7.79. The summed E-state index contributed by atoms with van der Waals surface area (Å²) < 4.78 is 9.67. The van der Waals surface area contributed by atoms with Crippen molar-refractivity contribution in [3.8, 4) is 0 Å². The van der Waals surface area contributed by atoms with Gasteiger partial charge in [-0.3, -0.25) is 0 Å². The van der Waals surface area contributed by atoms with Gasteiger partial charge in [-0.25, -0.2) is 4.79 Å². The summed E-state index contributed by atoms with van der Waals surface area (Å²) in [5, 5.41) is 23.0. The van der Waals surface area contributed by atoms with Crippen LogP contribution >= 0.6 is 0 Å². The fourth-order valence-electron chi connectivity index (χ4n) is 1.31. The Morgan fingerprint density at radius 2 is 2.18 bits per heavy atom. The largest absolute Gasteiger partial charge is 0.461 e. The second kappa shape index (κ2) is 4.85. The van der Waals surface area contributed by atoms with E-state index in [1.807, 2.05) is 0 Å². The quantitative estimate of drug-likeness (QED) is 0.765. The molecule has 0 saturated carbocycles. The van der Waals surface area contributed by atoms with Crippen LogP contribution < -0.4 is 0 Å². The maximum Gasteiger partial charge on any atom is 0.360 e. The number of aromatic nitrogens is 1. The first-order valence-electron chi connectivity index (χ1n) is 5.32. The van der Waals surface area contributed by atoms with Crippen molar-refractivity contribution in [2.24, 2.45) is 0 Å². The highest BCUT2D eigenvalue weighted by Gasteiger charge is 2.33. The van der Waals surface area contributed by atoms with Crippen molar-refractivity contribution in [2.45, 2.75) is 39.4 Å². The molecule has 1 rings (SSSR count). The molecular formula is C11H17NO5. The highest BCUT2D eigenvalue weighted by Crippen LogP contribution is 2.29. The van der Waals surface area contributed by atoms with Gasteiger partial charge in [0.25, 0.3) is 0 Å². The molecule has 0 aliphatic carbocycles. The second-order valence-electron chi connectivity index (χ2n) is 4.30. The number of rotatable bonds is 4. The third-order valence-electron chi connectivity index (χ3n) is 2.35. The molecule has 1 aromatic rings. The molecule has 6 heteroatoms. The minimum absolute atomic E-state index is 0.0187. The first-order valence-corrected chi connectivity index (χ1v) is 5.32. The van der Waals surface area contributed by atoms with Crippen molar-refractivity contribution in [3.63, 3.8) is 0 Å². The molecule has 0 radical (unpaired) electrons. The van der Waals surface area contributed by atoms with Gasteiger partial charge < -0.3 is 19.5 Å². The van der Waals surface area contributed by atoms with Crippen molar-refractivity contribution in [2.75, 3.05) is 6.61 Å². The summed E-state index contributed by atoms with van der Waals surface area (Å²) in [4.78, 5) is 11.5. The maximum atomic E-state index is 11.5. The van der Waals surface area contributed by atoms with Crippen molar-refractivity contribution >= 4 is 5.97 Å². The molecule has 6 nitrogen and oxygen atoms in total. The predicted octanol–water partition coefficient (Wildman–Crippen LogP) is 0.964. The summed E-state index contributed by atoms with van der Waals surface area (Å²) in [6, 6.07) is 0. The summed E-state index contributed by atoms with van der Waals surface area (Å²) in [7, 11) is 0. The molecule has 0 bridgehead atoms. The average Bonchev–Trinajstić information content (AvgIpc) is 2.58. The van der Waals surface area contributed by atoms with E-state index < -0.39 is 17.7 Å². The Kier molecular flexibility index (Phi) is 3.90. The van der Waals surface area contributed by atoms with Gasteiger partial charge in [0.15, 0.2) is 11.5 Å². The maximum absolute atomic E-state index is 11.5. The first kappa shape index (κ1) is 13.7. The van der Waals surface area contributed by atoms with Crippen LogP contribution in [0, 0.1) is 6.92 Å². The van der Waals surface area contributed by atoms with Crippen molar-refractivity contribution in [1.29, 1.82) is 0 Å². The molecule has 1 heterocycles. The van der Waals surface area contributed by atoms with Gasteiger partial charge in [0.05, 0.1) is 12.2 Å². The highest BCUT2D eigenvalue weighted by atomic mass is 16.5. The van der Waals surface area contributed by atoms with Crippen molar-refractivity contribution in [1.82, 2.24) is 5.16 Å². The van der Waals surface area contributed by atoms with Crippen LogP contribution in [0.15, 0.2) is 4.52 Å². The summed E-state index contributed by atoms with van der Waals surface area (Å²) >= 11 is 0. The molecule has 1 aromatic heterocycles. The molecule has 0 saturated heterocycles. The Bertz CT molecular complexity index is 404. The molecule has 0 aliphatic rings. The zero-order valence-corrected chi connectivity index (χ0v) is 10.4. The summed E-state index contributed by atoms with van der Waals surface area (Å²) in [5.74, 6) is -0.538. The molecule has 1 unspecified atom stereocenters. The minimum atomic E-state index is -1.38. The lowest BCUT2D eigenvalue weighted by molar-refractivity contribution is -0.0618. The average molecular weight is 243 g/mol. The second-order valence-corrected chi connectivity index (χ2v) is 4.30. The van der Waals surface area contributed by atoms with E-state index in [-0.39, 0.29) is 18.1 Å². The number of carbonyl (C=O) groups excluding carboxylic acids is 1. The van der Waals surface area contributed by atoms with Gasteiger partial charge in [0.2, 0.25) is 0 Å². The van der Waals surface area contributed by atoms with Gasteiger partial charge in [-0.2, -0.15) is 0 Å². The van der Waals surface area contributed by atoms with Crippen LogP contribution in [0.1, 0.15) is 48.7 Å². The van der Waals surface area contributed by atoms with Gasteiger partial charge in [0.1, 0.15) is 6.10 Å². The van der Waals surface area contributed by atoms with E-state index in [4.69, 9.17) is 9.26 Å². The summed E-state index contributed by atoms with van der Waals surface area (Å²) in [6.07, 6.45) is -1.25. The standard InChI is InChI=1S/C11H17NO5/c1-5-16-10(14)7-6(2)8(17-12-7)9(13)11(3,4)15/h9,13,15H,5H2,1-4H3. The fraction of sp³-hybridized carbons (Fsp3) is 0.636. The van der Waals surface area contributed by atoms with Gasteiger partial charge >= 0.3 is 5.97 Å². The fourth-order valence-corrected chi connectivity index (χ4v) is 1.31. The molecule has 0 amide bonds. The number of carbonyl (C=O) groups is 1. The molecule has 0 aromatic carbocycles. The number of aliphatic hydroxyl groups excluding tert-OH is 1. The zero-order valence-electron chi connectivity index (χ0n) is 10.4. The Morgan fingerprint density at radius 3 is 2.65 bits per heavy atom. The highest BCUT2D eigenvalue weighted by molar-refractivity contribution is 5.88. The van der Waals surface area contributed by atoms with E-state index in [0.29, 0.717) is 5.56 Å². The molecule has 17 heavy (non-hydrogen) atoms. The van der Waals surface area contributed by atoms with Gasteiger partial charge in [-0.1, -0.05) is 5.16 Å². The van der Waals surface area contributed by atoms with E-state index in [1.165, 1.54) is 13.8 Å². The molecular weight excluding hydrogens is 226 g/mol. The lowest BCUT2D eigenvalue weighted by atomic mass is 9.97. The smallest absolute Gasteiger partial charge is 0.360 e. The normalized spacial score (nSPS) is 13.5. The molecule has 2 N–H and O–H groups in total. The topological polar surface area (TPSA) is 92.8 Å². The van der Waals surface area contributed by atoms with E-state index in [1.54, 1.807) is 13.8 Å². The Morgan fingerprint density at radius 1 is 1.59 bits per heavy atom. The monoisotopic (exact) mass is 243 g/mol. The third-order valence-corrected chi connectivity index (χ3v) is 2.35. The van der Waals surface area contributed by atoms with E-state index in [2.05, 4.69) is 5.16 Å². The SMILES string of the molecule is CCOC(=O)c1noc(C(O)C(C)(C)O)c1C. The van der Waals surface area contributed by atoms with E-state index >= 15 is 0 Å². The number of hydrogen-bond acceptors (Lipinski definition) is 6. The lowest BCUT2D eigenvalue weighted by Gasteiger charge is -2.22. The van der Waals surface area contributed by atoms with Gasteiger partial charge in [-0.05, 0) is 27.7 Å². The van der Waals surface area contributed by atoms with Gasteiger partial charge in [0, 0.05) is 5.56 Å². The Labute approximate surface area is 99.2 Å².